The van der Waals surface area contributed by atoms with Gasteiger partial charge in [-0.05, 0) is 99.9 Å². The van der Waals surface area contributed by atoms with Gasteiger partial charge in [-0.25, -0.2) is 37.1 Å². The summed E-state index contributed by atoms with van der Waals surface area (Å²) < 4.78 is 75.5. The Morgan fingerprint density at radius 2 is 0.895 bits per heavy atom. The fourth-order valence-electron chi connectivity index (χ4n) is 9.91. The van der Waals surface area contributed by atoms with Crippen LogP contribution >= 0.6 is 21.6 Å². The van der Waals surface area contributed by atoms with E-state index in [0.717, 1.165) is 47.5 Å². The Labute approximate surface area is 510 Å². The van der Waals surface area contributed by atoms with Gasteiger partial charge in [0, 0.05) is 86.1 Å². The molecular formula is C64H82F4N8O8S2. The van der Waals surface area contributed by atoms with Crippen LogP contribution in [0.2, 0.25) is 0 Å². The molecule has 6 aromatic rings. The fourth-order valence-corrected chi connectivity index (χ4v) is 12.7. The van der Waals surface area contributed by atoms with Crippen LogP contribution < -0.4 is 10.6 Å². The van der Waals surface area contributed by atoms with Crippen LogP contribution in [0.4, 0.5) is 27.2 Å². The van der Waals surface area contributed by atoms with Crippen LogP contribution in [0, 0.1) is 45.9 Å². The quantitative estimate of drug-likeness (QED) is 0.0241. The first-order valence-electron chi connectivity index (χ1n) is 28.5. The number of rotatable bonds is 25. The van der Waals surface area contributed by atoms with Crippen LogP contribution in [0.5, 0.6) is 0 Å². The Balaban J connectivity index is 1.38. The van der Waals surface area contributed by atoms with E-state index >= 15 is 8.78 Å². The number of carbonyl (C=O) groups excluding carboxylic acids is 4. The highest BCUT2D eigenvalue weighted by atomic mass is 33.1. The number of aliphatic hydroxyl groups is 2. The molecule has 86 heavy (non-hydrogen) atoms. The molecule has 466 valence electrons. The Bertz CT molecular complexity index is 3020. The third kappa shape index (κ3) is 19.8. The molecule has 0 aliphatic rings. The number of hydrogen-bond acceptors (Lipinski definition) is 12. The molecule has 16 nitrogen and oxygen atoms in total. The summed E-state index contributed by atoms with van der Waals surface area (Å²) in [6.45, 7) is 20.3. The third-order valence-electron chi connectivity index (χ3n) is 13.5. The van der Waals surface area contributed by atoms with E-state index in [-0.39, 0.29) is 73.3 Å². The summed E-state index contributed by atoms with van der Waals surface area (Å²) in [7, 11) is 2.78. The molecule has 4 amide bonds. The van der Waals surface area contributed by atoms with Crippen LogP contribution in [0.15, 0.2) is 109 Å². The number of alkyl carbamates (subject to hydrolysis) is 2. The minimum absolute atomic E-state index is 0.0143. The van der Waals surface area contributed by atoms with E-state index < -0.39 is 106 Å². The van der Waals surface area contributed by atoms with Gasteiger partial charge < -0.3 is 49.3 Å². The van der Waals surface area contributed by atoms with Gasteiger partial charge >= 0.3 is 12.2 Å². The van der Waals surface area contributed by atoms with Gasteiger partial charge in [-0.1, -0.05) is 124 Å². The molecule has 0 saturated carbocycles. The molecule has 0 radical (unpaired) electrons. The summed E-state index contributed by atoms with van der Waals surface area (Å²) in [5.74, 6) is -4.01. The predicted molar refractivity (Wildman–Crippen MR) is 329 cm³/mol. The largest absolute Gasteiger partial charge is 0.444 e. The molecule has 2 heterocycles. The second-order valence-electron chi connectivity index (χ2n) is 25.5. The number of nitrogens with one attached hydrogen (secondary N) is 2. The maximum Gasteiger partial charge on any atom is 0.407 e. The summed E-state index contributed by atoms with van der Waals surface area (Å²) in [5, 5.41) is 27.2. The highest BCUT2D eigenvalue weighted by Gasteiger charge is 2.42. The zero-order valence-electron chi connectivity index (χ0n) is 51.1. The zero-order chi connectivity index (χ0) is 63.3. The first kappa shape index (κ1) is 68.2. The molecule has 4 atom stereocenters. The minimum Gasteiger partial charge on any atom is -0.444 e. The Morgan fingerprint density at radius 3 is 1.21 bits per heavy atom. The lowest BCUT2D eigenvalue weighted by Gasteiger charge is -2.41. The van der Waals surface area contributed by atoms with Crippen molar-refractivity contribution in [3.63, 3.8) is 0 Å². The number of benzene rings is 4. The summed E-state index contributed by atoms with van der Waals surface area (Å²) in [6.07, 6.45) is 1.82. The molecule has 6 rings (SSSR count). The van der Waals surface area contributed by atoms with Gasteiger partial charge in [0.2, 0.25) is 11.8 Å². The van der Waals surface area contributed by atoms with E-state index in [1.807, 2.05) is 102 Å². The van der Waals surface area contributed by atoms with Crippen molar-refractivity contribution in [1.82, 2.24) is 39.5 Å². The lowest BCUT2D eigenvalue weighted by Crippen LogP contribution is -2.48. The van der Waals surface area contributed by atoms with Crippen LogP contribution in [0.3, 0.4) is 0 Å². The molecule has 0 spiro atoms. The van der Waals surface area contributed by atoms with Crippen molar-refractivity contribution in [1.29, 1.82) is 0 Å². The van der Waals surface area contributed by atoms with Gasteiger partial charge in [0.25, 0.3) is 0 Å². The molecule has 3 unspecified atom stereocenters. The van der Waals surface area contributed by atoms with E-state index in [1.54, 1.807) is 63.1 Å². The summed E-state index contributed by atoms with van der Waals surface area (Å²) in [5.41, 5.74) is -1.55. The number of aliphatic hydroxyl groups excluding tert-OH is 2. The van der Waals surface area contributed by atoms with E-state index in [1.165, 1.54) is 31.4 Å². The average molecular weight is 1230 g/mol. The first-order chi connectivity index (χ1) is 40.3. The first-order valence-corrected chi connectivity index (χ1v) is 30.9. The molecule has 4 N–H and O–H groups in total. The molecule has 0 aliphatic heterocycles. The van der Waals surface area contributed by atoms with E-state index in [2.05, 4.69) is 10.6 Å². The van der Waals surface area contributed by atoms with Crippen molar-refractivity contribution in [3.8, 4) is 22.5 Å². The van der Waals surface area contributed by atoms with Gasteiger partial charge in [-0.2, -0.15) is 0 Å². The van der Waals surface area contributed by atoms with Crippen LogP contribution in [0.25, 0.3) is 22.5 Å². The van der Waals surface area contributed by atoms with Crippen molar-refractivity contribution in [3.05, 3.63) is 156 Å². The van der Waals surface area contributed by atoms with Gasteiger partial charge in [-0.3, -0.25) is 9.59 Å². The molecule has 22 heteroatoms. The smallest absolute Gasteiger partial charge is 0.407 e. The SMILES string of the molecule is CC(C)(C)OC(=O)NCC(CSSCC(CNC(=O)OC(C)(C)C)CN(C(=O)CO)[C@@H](c1nc(-c2cc(F)ccc2F)cn1Cc1ccccc1)C(C)(C)C)CN(C(=O)CO)C(c1nc(-c2cc(F)ccc2F)cn1Cc1ccccc1)C(C)(C)C. The summed E-state index contributed by atoms with van der Waals surface area (Å²) in [6, 6.07) is 23.2. The maximum atomic E-state index is 15.5. The zero-order valence-corrected chi connectivity index (χ0v) is 52.8. The van der Waals surface area contributed by atoms with E-state index in [0.29, 0.717) is 11.6 Å². The number of amides is 4. The van der Waals surface area contributed by atoms with Gasteiger partial charge in [0.15, 0.2) is 0 Å². The van der Waals surface area contributed by atoms with Crippen molar-refractivity contribution >= 4 is 45.6 Å². The van der Waals surface area contributed by atoms with Crippen LogP contribution in [-0.4, -0.2) is 125 Å². The standard InChI is InChI=1S/C64H82F4N8O8S2/c1-61(2,3)55(57-71-51(47-27-45(65)23-25-49(47)67)35-73(57)31-41-19-15-13-16-20-41)75(53(79)37-77)33-43(29-69-59(81)83-63(7,8)9)39-85-86-40-44(30-70-60(82)84-64(10,11)12)34-76(54(80)38-78)56(62(4,5)6)58-72-52(48-28-46(66)24-26-50(48)68)36-74(58)32-42-21-17-14-18-22-42/h13-28,35-36,43-44,55-56,77-78H,29-34,37-40H2,1-12H3,(H,69,81)(H,70,82)/t43?,44?,55-,56?/m0/s1. The monoisotopic (exact) mass is 1230 g/mol. The molecule has 2 aromatic heterocycles. The normalized spacial score (nSPS) is 13.6. The van der Waals surface area contributed by atoms with Crippen molar-refractivity contribution in [2.24, 2.45) is 22.7 Å². The van der Waals surface area contributed by atoms with E-state index in [9.17, 15) is 38.2 Å². The average Bonchev–Trinajstić information content (AvgIpc) is 1.86. The van der Waals surface area contributed by atoms with Gasteiger partial charge in [0.05, 0.1) is 23.5 Å². The third-order valence-corrected chi connectivity index (χ3v) is 16.2. The molecule has 4 aromatic carbocycles. The lowest BCUT2D eigenvalue weighted by atomic mass is 9.84. The number of halogens is 4. The minimum atomic E-state index is -0.903. The highest BCUT2D eigenvalue weighted by Crippen LogP contribution is 2.43. The number of aromatic nitrogens is 4. The van der Waals surface area contributed by atoms with Gasteiger partial charge in [0.1, 0.15) is 59.3 Å². The molecule has 0 saturated heterocycles. The van der Waals surface area contributed by atoms with Crippen molar-refractivity contribution in [2.75, 3.05) is 50.9 Å². The molecule has 0 aliphatic carbocycles. The molecule has 0 fully saturated rings. The Morgan fingerprint density at radius 1 is 0.547 bits per heavy atom. The van der Waals surface area contributed by atoms with E-state index in [4.69, 9.17) is 19.4 Å². The number of ether oxygens (including phenoxy) is 2. The van der Waals surface area contributed by atoms with Gasteiger partial charge in [-0.15, -0.1) is 0 Å². The van der Waals surface area contributed by atoms with Crippen LogP contribution in [0.1, 0.15) is 118 Å². The topological polar surface area (TPSA) is 193 Å². The molecule has 0 bridgehead atoms. The van der Waals surface area contributed by atoms with Crippen molar-refractivity contribution < 1.29 is 56.4 Å². The lowest BCUT2D eigenvalue weighted by molar-refractivity contribution is -0.141. The number of imidazole rings is 2. The van der Waals surface area contributed by atoms with Crippen LogP contribution in [-0.2, 0) is 32.2 Å². The summed E-state index contributed by atoms with van der Waals surface area (Å²) >= 11 is 0. The number of carbonyl (C=O) groups is 4. The second-order valence-corrected chi connectivity index (χ2v) is 28.0. The highest BCUT2D eigenvalue weighted by molar-refractivity contribution is 8.76. The Kier molecular flexibility index (Phi) is 23.5. The van der Waals surface area contributed by atoms with Crippen molar-refractivity contribution in [2.45, 2.75) is 119 Å². The molecular weight excluding hydrogens is 1150 g/mol. The predicted octanol–water partition coefficient (Wildman–Crippen LogP) is 12.2. The maximum absolute atomic E-state index is 15.5. The number of hydrogen-bond donors (Lipinski definition) is 4. The summed E-state index contributed by atoms with van der Waals surface area (Å²) in [4.78, 5) is 68.4. The Hall–Kier alpha value is -6.88. The fraction of sp³-hybridized carbons (Fsp3) is 0.469. The second kappa shape index (κ2) is 29.7. The number of nitrogens with zero attached hydrogens (tertiary/aromatic N) is 6.